The minimum absolute atomic E-state index is 0.164. The second-order valence-electron chi connectivity index (χ2n) is 5.15. The lowest BCUT2D eigenvalue weighted by Gasteiger charge is -2.15. The molecule has 0 bridgehead atoms. The molecule has 0 fully saturated rings. The number of amides is 2. The van der Waals surface area contributed by atoms with Crippen molar-refractivity contribution in [1.82, 2.24) is 10.6 Å². The Labute approximate surface area is 155 Å². The number of rotatable bonds is 5. The molecule has 24 heavy (non-hydrogen) atoms. The first-order chi connectivity index (χ1) is 11.4. The average Bonchev–Trinajstić information content (AvgIpc) is 2.52. The summed E-state index contributed by atoms with van der Waals surface area (Å²) in [4.78, 5) is 24.0. The quantitative estimate of drug-likeness (QED) is 0.808. The molecule has 7 heteroatoms. The van der Waals surface area contributed by atoms with Crippen LogP contribution >= 0.6 is 34.8 Å². The van der Waals surface area contributed by atoms with Crippen LogP contribution in [-0.2, 0) is 4.79 Å². The third-order valence-electron chi connectivity index (χ3n) is 3.31. The number of carbonyl (C=O) groups excluding carboxylic acids is 2. The second-order valence-corrected chi connectivity index (χ2v) is 6.43. The van der Waals surface area contributed by atoms with E-state index in [0.29, 0.717) is 10.0 Å². The van der Waals surface area contributed by atoms with Gasteiger partial charge in [-0.1, -0.05) is 46.9 Å². The smallest absolute Gasteiger partial charge is 0.253 e. The highest BCUT2D eigenvalue weighted by atomic mass is 35.5. The van der Waals surface area contributed by atoms with Gasteiger partial charge in [0.15, 0.2) is 0 Å². The molecule has 0 saturated heterocycles. The largest absolute Gasteiger partial charge is 0.348 e. The Bertz CT molecular complexity index is 765. The lowest BCUT2D eigenvalue weighted by atomic mass is 10.1. The molecule has 4 nitrogen and oxygen atoms in total. The first-order valence-electron chi connectivity index (χ1n) is 7.15. The molecule has 2 aromatic carbocycles. The van der Waals surface area contributed by atoms with Gasteiger partial charge < -0.3 is 10.6 Å². The summed E-state index contributed by atoms with van der Waals surface area (Å²) in [7, 11) is 0. The molecule has 2 N–H and O–H groups in total. The normalized spacial score (nSPS) is 11.7. The zero-order valence-electron chi connectivity index (χ0n) is 12.8. The summed E-state index contributed by atoms with van der Waals surface area (Å²) in [6.07, 6.45) is 0. The van der Waals surface area contributed by atoms with Gasteiger partial charge in [-0.3, -0.25) is 9.59 Å². The molecule has 0 spiro atoms. The third kappa shape index (κ3) is 5.13. The van der Waals surface area contributed by atoms with E-state index in [0.717, 1.165) is 5.56 Å². The molecule has 1 unspecified atom stereocenters. The molecule has 0 saturated carbocycles. The van der Waals surface area contributed by atoms with Crippen LogP contribution in [0.3, 0.4) is 0 Å². The number of hydrogen-bond acceptors (Lipinski definition) is 2. The zero-order valence-corrected chi connectivity index (χ0v) is 15.0. The maximum atomic E-state index is 12.0. The summed E-state index contributed by atoms with van der Waals surface area (Å²) in [6.45, 7) is 1.67. The first-order valence-corrected chi connectivity index (χ1v) is 8.28. The lowest BCUT2D eigenvalue weighted by molar-refractivity contribution is -0.120. The molecule has 0 aliphatic heterocycles. The van der Waals surface area contributed by atoms with Crippen LogP contribution in [-0.4, -0.2) is 18.4 Å². The van der Waals surface area contributed by atoms with Crippen molar-refractivity contribution in [2.24, 2.45) is 0 Å². The van der Waals surface area contributed by atoms with E-state index in [-0.39, 0.29) is 29.1 Å². The van der Waals surface area contributed by atoms with Crippen molar-refractivity contribution >= 4 is 46.6 Å². The fourth-order valence-corrected chi connectivity index (χ4v) is 2.77. The number of carbonyl (C=O) groups is 2. The minimum atomic E-state index is -0.442. The van der Waals surface area contributed by atoms with Crippen molar-refractivity contribution in [2.45, 2.75) is 13.0 Å². The summed E-state index contributed by atoms with van der Waals surface area (Å²) in [5, 5.41) is 6.57. The fraction of sp³-hybridized carbons (Fsp3) is 0.176. The van der Waals surface area contributed by atoms with Gasteiger partial charge in [-0.05, 0) is 42.8 Å². The van der Waals surface area contributed by atoms with Crippen molar-refractivity contribution < 1.29 is 9.59 Å². The van der Waals surface area contributed by atoms with Gasteiger partial charge >= 0.3 is 0 Å². The second kappa shape index (κ2) is 8.38. The molecular weight excluding hydrogens is 371 g/mol. The SMILES string of the molecule is CC(NC(=O)CNC(=O)c1ccc(Cl)cc1Cl)c1cccc(Cl)c1. The summed E-state index contributed by atoms with van der Waals surface area (Å²) >= 11 is 17.7. The van der Waals surface area contributed by atoms with Crippen LogP contribution in [0.4, 0.5) is 0 Å². The van der Waals surface area contributed by atoms with Crippen LogP contribution in [0.25, 0.3) is 0 Å². The van der Waals surface area contributed by atoms with Crippen LogP contribution in [0.2, 0.25) is 15.1 Å². The molecule has 0 heterocycles. The van der Waals surface area contributed by atoms with E-state index in [2.05, 4.69) is 10.6 Å². The molecule has 2 aromatic rings. The Kier molecular flexibility index (Phi) is 6.49. The average molecular weight is 386 g/mol. The van der Waals surface area contributed by atoms with Crippen molar-refractivity contribution in [2.75, 3.05) is 6.54 Å². The molecule has 0 aromatic heterocycles. The highest BCUT2D eigenvalue weighted by Gasteiger charge is 2.14. The van der Waals surface area contributed by atoms with Crippen LogP contribution in [0.5, 0.6) is 0 Å². The molecule has 2 amide bonds. The van der Waals surface area contributed by atoms with E-state index in [9.17, 15) is 9.59 Å². The summed E-state index contributed by atoms with van der Waals surface area (Å²) in [5.41, 5.74) is 1.14. The standard InChI is InChI=1S/C17H15Cl3N2O2/c1-10(11-3-2-4-12(18)7-11)22-16(23)9-21-17(24)14-6-5-13(19)8-15(14)20/h2-8,10H,9H2,1H3,(H,21,24)(H,22,23). The van der Waals surface area contributed by atoms with E-state index in [1.807, 2.05) is 19.1 Å². The fourth-order valence-electron chi connectivity index (χ4n) is 2.08. The van der Waals surface area contributed by atoms with Gasteiger partial charge in [0, 0.05) is 10.0 Å². The number of nitrogens with one attached hydrogen (secondary N) is 2. The predicted octanol–water partition coefficient (Wildman–Crippen LogP) is 4.25. The zero-order chi connectivity index (χ0) is 17.7. The number of halogens is 3. The summed E-state index contributed by atoms with van der Waals surface area (Å²) in [6, 6.07) is 11.5. The highest BCUT2D eigenvalue weighted by molar-refractivity contribution is 6.36. The van der Waals surface area contributed by atoms with Gasteiger partial charge in [-0.25, -0.2) is 0 Å². The Morgan fingerprint density at radius 2 is 1.75 bits per heavy atom. The summed E-state index contributed by atoms with van der Waals surface area (Å²) in [5.74, 6) is -0.761. The topological polar surface area (TPSA) is 58.2 Å². The van der Waals surface area contributed by atoms with Gasteiger partial charge in [-0.2, -0.15) is 0 Å². The molecule has 0 aliphatic carbocycles. The van der Waals surface area contributed by atoms with Crippen molar-refractivity contribution in [1.29, 1.82) is 0 Å². The summed E-state index contributed by atoms with van der Waals surface area (Å²) < 4.78 is 0. The third-order valence-corrected chi connectivity index (χ3v) is 4.09. The molecular formula is C17H15Cl3N2O2. The monoisotopic (exact) mass is 384 g/mol. The van der Waals surface area contributed by atoms with Gasteiger partial charge in [0.25, 0.3) is 5.91 Å². The Balaban J connectivity index is 1.89. The molecule has 0 radical (unpaired) electrons. The Hall–Kier alpha value is -1.75. The molecule has 1 atom stereocenters. The van der Waals surface area contributed by atoms with Crippen molar-refractivity contribution in [3.63, 3.8) is 0 Å². The van der Waals surface area contributed by atoms with E-state index in [4.69, 9.17) is 34.8 Å². The first kappa shape index (κ1) is 18.6. The van der Waals surface area contributed by atoms with E-state index >= 15 is 0 Å². The van der Waals surface area contributed by atoms with Crippen LogP contribution in [0.1, 0.15) is 28.9 Å². The predicted molar refractivity (Wildman–Crippen MR) is 96.8 cm³/mol. The number of hydrogen-bond donors (Lipinski definition) is 2. The maximum Gasteiger partial charge on any atom is 0.253 e. The highest BCUT2D eigenvalue weighted by Crippen LogP contribution is 2.21. The van der Waals surface area contributed by atoms with Gasteiger partial charge in [0.05, 0.1) is 23.2 Å². The number of benzene rings is 2. The van der Waals surface area contributed by atoms with Crippen molar-refractivity contribution in [3.05, 3.63) is 68.7 Å². The molecule has 126 valence electrons. The van der Waals surface area contributed by atoms with E-state index in [1.54, 1.807) is 18.2 Å². The Morgan fingerprint density at radius 1 is 1.04 bits per heavy atom. The van der Waals surface area contributed by atoms with Crippen LogP contribution in [0.15, 0.2) is 42.5 Å². The maximum absolute atomic E-state index is 12.0. The van der Waals surface area contributed by atoms with Crippen LogP contribution < -0.4 is 10.6 Å². The van der Waals surface area contributed by atoms with Gasteiger partial charge in [0.2, 0.25) is 5.91 Å². The van der Waals surface area contributed by atoms with Crippen molar-refractivity contribution in [3.8, 4) is 0 Å². The van der Waals surface area contributed by atoms with Gasteiger partial charge in [-0.15, -0.1) is 0 Å². The Morgan fingerprint density at radius 3 is 2.42 bits per heavy atom. The van der Waals surface area contributed by atoms with Gasteiger partial charge in [0.1, 0.15) is 0 Å². The molecule has 2 rings (SSSR count). The van der Waals surface area contributed by atoms with Crippen LogP contribution in [0, 0.1) is 0 Å². The lowest BCUT2D eigenvalue weighted by Crippen LogP contribution is -2.38. The van der Waals surface area contributed by atoms with E-state index in [1.165, 1.54) is 12.1 Å². The van der Waals surface area contributed by atoms with E-state index < -0.39 is 5.91 Å². The molecule has 0 aliphatic rings. The minimum Gasteiger partial charge on any atom is -0.348 e.